The lowest BCUT2D eigenvalue weighted by molar-refractivity contribution is -0.128. The highest BCUT2D eigenvalue weighted by Gasteiger charge is 2.66. The van der Waals surface area contributed by atoms with Crippen molar-refractivity contribution < 1.29 is 30.0 Å². The van der Waals surface area contributed by atoms with E-state index < -0.39 is 50.0 Å². The van der Waals surface area contributed by atoms with Gasteiger partial charge >= 0.3 is 0 Å². The van der Waals surface area contributed by atoms with Gasteiger partial charge < -0.3 is 0 Å². The molecule has 0 aliphatic heterocycles. The second-order valence-electron chi connectivity index (χ2n) is 8.95. The highest BCUT2D eigenvalue weighted by atomic mass is 32.3. The molecule has 3 rings (SSSR count). The number of ketones is 1. The maximum absolute atomic E-state index is 13.3. The van der Waals surface area contributed by atoms with Gasteiger partial charge in [0.25, 0.3) is 3.91 Å². The van der Waals surface area contributed by atoms with Crippen LogP contribution < -0.4 is 0 Å². The molecule has 0 heterocycles. The Bertz CT molecular complexity index is 1160. The molecule has 0 radical (unpaired) electrons. The Labute approximate surface area is 172 Å². The largest absolute Gasteiger partial charge is 0.299 e. The Morgan fingerprint density at radius 1 is 1.03 bits per heavy atom. The Morgan fingerprint density at radius 3 is 2.00 bits per heavy atom. The molecule has 10 heteroatoms. The van der Waals surface area contributed by atoms with Gasteiger partial charge in [0, 0.05) is 18.1 Å². The lowest BCUT2D eigenvalue weighted by Gasteiger charge is -2.36. The van der Waals surface area contributed by atoms with Gasteiger partial charge in [-0.1, -0.05) is 31.5 Å². The molecule has 0 N–H and O–H groups in total. The summed E-state index contributed by atoms with van der Waals surface area (Å²) >= 11 is 0. The van der Waals surface area contributed by atoms with Crippen LogP contribution in [-0.2, 0) is 34.3 Å². The van der Waals surface area contributed by atoms with Crippen molar-refractivity contribution in [2.24, 2.45) is 16.7 Å². The van der Waals surface area contributed by atoms with Crippen molar-refractivity contribution in [1.29, 1.82) is 0 Å². The molecule has 3 unspecified atom stereocenters. The normalized spacial score (nSPS) is 27.9. The fraction of sp³-hybridized carbons (Fsp3) is 0.632. The van der Waals surface area contributed by atoms with E-state index in [2.05, 4.69) is 0 Å². The van der Waals surface area contributed by atoms with Crippen LogP contribution in [0.3, 0.4) is 0 Å². The van der Waals surface area contributed by atoms with Crippen molar-refractivity contribution in [3.8, 4) is 0 Å². The lowest BCUT2D eigenvalue weighted by Crippen LogP contribution is -2.48. The number of sulfone groups is 3. The Morgan fingerprint density at radius 2 is 1.59 bits per heavy atom. The van der Waals surface area contributed by atoms with Gasteiger partial charge in [0.1, 0.15) is 5.78 Å². The first-order valence-electron chi connectivity index (χ1n) is 9.30. The van der Waals surface area contributed by atoms with Crippen molar-refractivity contribution in [3.63, 3.8) is 0 Å². The number of fused-ring (bicyclic) bond motifs is 2. The highest BCUT2D eigenvalue weighted by Crippen LogP contribution is 2.64. The molecule has 162 valence electrons. The molecule has 0 saturated heterocycles. The van der Waals surface area contributed by atoms with E-state index in [9.17, 15) is 30.0 Å². The third-order valence-corrected chi connectivity index (χ3v) is 15.8. The Hall–Kier alpha value is -1.26. The second kappa shape index (κ2) is 6.62. The Kier molecular flexibility index (Phi) is 5.12. The van der Waals surface area contributed by atoms with E-state index in [1.165, 1.54) is 24.3 Å². The highest BCUT2D eigenvalue weighted by molar-refractivity contribution is 8.24. The van der Waals surface area contributed by atoms with Crippen LogP contribution in [0.2, 0.25) is 0 Å². The summed E-state index contributed by atoms with van der Waals surface area (Å²) in [5.41, 5.74) is -1.13. The smallest absolute Gasteiger partial charge is 0.266 e. The molecule has 2 fully saturated rings. The van der Waals surface area contributed by atoms with Crippen LogP contribution in [0, 0.1) is 23.7 Å². The lowest BCUT2D eigenvalue weighted by atomic mass is 9.70. The zero-order valence-electron chi connectivity index (χ0n) is 16.9. The predicted molar refractivity (Wildman–Crippen MR) is 109 cm³/mol. The van der Waals surface area contributed by atoms with Gasteiger partial charge in [-0.2, -0.15) is 0 Å². The molecule has 2 aliphatic rings. The fourth-order valence-corrected chi connectivity index (χ4v) is 13.9. The molecule has 29 heavy (non-hydrogen) atoms. The van der Waals surface area contributed by atoms with Gasteiger partial charge in [-0.05, 0) is 43.2 Å². The average Bonchev–Trinajstić information content (AvgIpc) is 2.86. The third-order valence-electron chi connectivity index (χ3n) is 6.83. The zero-order valence-corrected chi connectivity index (χ0v) is 19.3. The minimum absolute atomic E-state index is 0.0237. The van der Waals surface area contributed by atoms with Crippen molar-refractivity contribution in [2.45, 2.75) is 48.8 Å². The Balaban J connectivity index is 2.13. The van der Waals surface area contributed by atoms with Gasteiger partial charge in [0.15, 0.2) is 19.7 Å². The van der Waals surface area contributed by atoms with E-state index >= 15 is 0 Å². The number of rotatable bonds is 6. The summed E-state index contributed by atoms with van der Waals surface area (Å²) in [5, 5.41) is 0. The predicted octanol–water partition coefficient (Wildman–Crippen LogP) is 1.91. The number of hydrogen-bond acceptors (Lipinski definition) is 7. The van der Waals surface area contributed by atoms with Gasteiger partial charge in [-0.15, -0.1) is 0 Å². The van der Waals surface area contributed by atoms with Crippen LogP contribution in [-0.4, -0.2) is 47.0 Å². The molecule has 3 atom stereocenters. The number of hydrogen-bond donors (Lipinski definition) is 0. The van der Waals surface area contributed by atoms with Gasteiger partial charge in [0.2, 0.25) is 9.84 Å². The maximum atomic E-state index is 13.3. The summed E-state index contributed by atoms with van der Waals surface area (Å²) in [6.45, 7) is 5.36. The number of Topliss-reactive ketones (excluding diaryl/α,β-unsaturated/α-hetero) is 1. The van der Waals surface area contributed by atoms with E-state index in [-0.39, 0.29) is 23.0 Å². The molecule has 7 nitrogen and oxygen atoms in total. The van der Waals surface area contributed by atoms with Crippen molar-refractivity contribution in [3.05, 3.63) is 29.8 Å². The summed E-state index contributed by atoms with van der Waals surface area (Å²) < 4.78 is 75.1. The minimum Gasteiger partial charge on any atom is -0.299 e. The summed E-state index contributed by atoms with van der Waals surface area (Å²) in [7, 11) is -14.0. The van der Waals surface area contributed by atoms with Crippen LogP contribution in [0.15, 0.2) is 29.2 Å². The molecule has 0 aromatic heterocycles. The first-order chi connectivity index (χ1) is 13.1. The van der Waals surface area contributed by atoms with Crippen LogP contribution in [0.5, 0.6) is 0 Å². The summed E-state index contributed by atoms with van der Waals surface area (Å²) in [5.74, 6) is -0.969. The van der Waals surface area contributed by atoms with E-state index in [4.69, 9.17) is 0 Å². The monoisotopic (exact) mass is 462 g/mol. The second-order valence-corrected chi connectivity index (χ2v) is 16.1. The molecule has 0 amide bonds. The van der Waals surface area contributed by atoms with Crippen molar-refractivity contribution in [2.75, 3.05) is 12.0 Å². The number of benzene rings is 1. The molecule has 2 bridgehead atoms. The molecular formula is C19H26O7S3. The SMILES string of the molecule is Cc1ccc(S(=O)(=O)C(S(C)(=O)=O)S(=O)(=O)CC23CCC(CC2=O)C3(C)C)cc1. The molecule has 2 aliphatic carbocycles. The number of carbonyl (C=O) groups excluding carboxylic acids is 1. The van der Waals surface area contributed by atoms with E-state index in [1.807, 2.05) is 13.8 Å². The fourth-order valence-electron chi connectivity index (χ4n) is 5.05. The van der Waals surface area contributed by atoms with E-state index in [0.717, 1.165) is 5.56 Å². The molecule has 2 saturated carbocycles. The van der Waals surface area contributed by atoms with E-state index in [0.29, 0.717) is 19.1 Å². The molecule has 0 spiro atoms. The topological polar surface area (TPSA) is 119 Å². The quantitative estimate of drug-likeness (QED) is 0.633. The van der Waals surface area contributed by atoms with Gasteiger partial charge in [0.05, 0.1) is 10.6 Å². The van der Waals surface area contributed by atoms with Crippen LogP contribution in [0.1, 0.15) is 38.7 Å². The van der Waals surface area contributed by atoms with Crippen LogP contribution >= 0.6 is 0 Å². The summed E-state index contributed by atoms with van der Waals surface area (Å²) in [4.78, 5) is 12.3. The summed E-state index contributed by atoms with van der Waals surface area (Å²) in [6, 6.07) is 5.35. The minimum atomic E-state index is -4.74. The zero-order chi connectivity index (χ0) is 22.0. The van der Waals surface area contributed by atoms with Gasteiger partial charge in [-0.3, -0.25) is 4.79 Å². The molecule has 1 aromatic rings. The van der Waals surface area contributed by atoms with Crippen LogP contribution in [0.25, 0.3) is 0 Å². The van der Waals surface area contributed by atoms with E-state index in [1.54, 1.807) is 6.92 Å². The van der Waals surface area contributed by atoms with Crippen LogP contribution in [0.4, 0.5) is 0 Å². The standard InChI is InChI=1S/C19H26O7S3/c1-13-5-7-15(8-6-13)29(25,26)17(27(4,21)22)28(23,24)12-19-10-9-14(11-16(19)20)18(19,2)3/h5-8,14,17H,9-12H2,1-4H3. The van der Waals surface area contributed by atoms with Crippen molar-refractivity contribution >= 4 is 35.3 Å². The first-order valence-corrected chi connectivity index (χ1v) is 14.5. The summed E-state index contributed by atoms with van der Waals surface area (Å²) in [6.07, 6.45) is 1.85. The molecular weight excluding hydrogens is 436 g/mol. The first kappa shape index (κ1) is 22.4. The van der Waals surface area contributed by atoms with Gasteiger partial charge in [-0.25, -0.2) is 25.3 Å². The third kappa shape index (κ3) is 3.37. The average molecular weight is 463 g/mol. The van der Waals surface area contributed by atoms with Crippen molar-refractivity contribution in [1.82, 2.24) is 0 Å². The number of aryl methyl sites for hydroxylation is 1. The molecule has 1 aromatic carbocycles. The number of carbonyl (C=O) groups is 1. The maximum Gasteiger partial charge on any atom is 0.266 e.